The molecule has 0 saturated heterocycles. The monoisotopic (exact) mass is 352 g/mol. The quantitative estimate of drug-likeness (QED) is 0.669. The van der Waals surface area contributed by atoms with Gasteiger partial charge in [0.25, 0.3) is 5.91 Å². The third-order valence-corrected chi connectivity index (χ3v) is 3.96. The molecule has 1 heterocycles. The number of nitrogens with zero attached hydrogens (tertiary/aromatic N) is 1. The van der Waals surface area contributed by atoms with E-state index in [1.165, 1.54) is 22.9 Å². The van der Waals surface area contributed by atoms with E-state index in [1.54, 1.807) is 37.3 Å². The highest BCUT2D eigenvalue weighted by Crippen LogP contribution is 2.32. The lowest BCUT2D eigenvalue weighted by molar-refractivity contribution is -0.136. The molecule has 0 spiro atoms. The number of carbonyl (C=O) groups is 2. The lowest BCUT2D eigenvalue weighted by Gasteiger charge is -2.10. The number of carboxylic acids is 1. The third-order valence-electron chi connectivity index (χ3n) is 3.96. The molecule has 0 atom stereocenters. The van der Waals surface area contributed by atoms with Crippen molar-refractivity contribution in [2.45, 2.75) is 13.3 Å². The topological polar surface area (TPSA) is 71.3 Å². The predicted octanol–water partition coefficient (Wildman–Crippen LogP) is 4.37. The number of halogens is 1. The van der Waals surface area contributed by atoms with E-state index < -0.39 is 5.97 Å². The number of hydrogen-bond donors (Lipinski definition) is 2. The summed E-state index contributed by atoms with van der Waals surface area (Å²) in [5, 5.41) is 13.0. The van der Waals surface area contributed by atoms with Gasteiger partial charge in [-0.1, -0.05) is 12.6 Å². The molecular formula is C20H17FN2O3. The lowest BCUT2D eigenvalue weighted by atomic mass is 10.1. The molecule has 0 bridgehead atoms. The number of benzene rings is 2. The molecule has 0 unspecified atom stereocenters. The standard InChI is InChI=1S/C20H17FN2O3/c1-12(2)20(26)23-11-13(10-18(24)25)19-16(4-3-5-17(19)23)22-15-8-6-14(21)7-9-15/h3-9,11,22H,1,10H2,2H3,(H,24,25). The van der Waals surface area contributed by atoms with Gasteiger partial charge in [-0.3, -0.25) is 14.2 Å². The van der Waals surface area contributed by atoms with Crippen molar-refractivity contribution in [2.75, 3.05) is 5.32 Å². The average molecular weight is 352 g/mol. The Morgan fingerprint density at radius 1 is 1.19 bits per heavy atom. The molecule has 2 aromatic carbocycles. The summed E-state index contributed by atoms with van der Waals surface area (Å²) in [6, 6.07) is 11.1. The molecule has 6 heteroatoms. The van der Waals surface area contributed by atoms with E-state index in [1.807, 2.05) is 0 Å². The minimum atomic E-state index is -0.997. The number of anilines is 2. The predicted molar refractivity (Wildman–Crippen MR) is 98.4 cm³/mol. The van der Waals surface area contributed by atoms with Crippen LogP contribution in [0.25, 0.3) is 10.9 Å². The van der Waals surface area contributed by atoms with Crippen molar-refractivity contribution in [1.29, 1.82) is 0 Å². The Morgan fingerprint density at radius 2 is 1.88 bits per heavy atom. The minimum absolute atomic E-state index is 0.227. The summed E-state index contributed by atoms with van der Waals surface area (Å²) in [4.78, 5) is 23.7. The Hall–Kier alpha value is -3.41. The fraction of sp³-hybridized carbons (Fsp3) is 0.100. The summed E-state index contributed by atoms with van der Waals surface area (Å²) >= 11 is 0. The van der Waals surface area contributed by atoms with E-state index in [4.69, 9.17) is 0 Å². The number of rotatable bonds is 5. The van der Waals surface area contributed by atoms with Gasteiger partial charge >= 0.3 is 5.97 Å². The van der Waals surface area contributed by atoms with Crippen molar-refractivity contribution in [3.05, 3.63) is 72.2 Å². The Bertz CT molecular complexity index is 1020. The molecule has 0 radical (unpaired) electrons. The summed E-state index contributed by atoms with van der Waals surface area (Å²) in [5.74, 6) is -1.65. The molecule has 1 aromatic heterocycles. The van der Waals surface area contributed by atoms with Gasteiger partial charge in [0, 0.05) is 28.5 Å². The van der Waals surface area contributed by atoms with E-state index in [0.717, 1.165) is 0 Å². The molecule has 3 aromatic rings. The van der Waals surface area contributed by atoms with E-state index in [9.17, 15) is 19.1 Å². The highest BCUT2D eigenvalue weighted by atomic mass is 19.1. The Balaban J connectivity index is 2.17. The van der Waals surface area contributed by atoms with Gasteiger partial charge < -0.3 is 10.4 Å². The molecule has 5 nitrogen and oxygen atoms in total. The molecule has 0 aliphatic heterocycles. The lowest BCUT2D eigenvalue weighted by Crippen LogP contribution is -2.09. The third kappa shape index (κ3) is 3.35. The van der Waals surface area contributed by atoms with E-state index in [-0.39, 0.29) is 18.1 Å². The van der Waals surface area contributed by atoms with Crippen molar-refractivity contribution in [3.8, 4) is 0 Å². The maximum Gasteiger partial charge on any atom is 0.307 e. The van der Waals surface area contributed by atoms with Gasteiger partial charge in [-0.05, 0) is 48.9 Å². The number of hydrogen-bond acceptors (Lipinski definition) is 3. The summed E-state index contributed by atoms with van der Waals surface area (Å²) in [6.45, 7) is 5.27. The molecule has 0 aliphatic carbocycles. The van der Waals surface area contributed by atoms with Gasteiger partial charge in [-0.2, -0.15) is 0 Å². The van der Waals surface area contributed by atoms with Crippen LogP contribution in [0.1, 0.15) is 17.3 Å². The first-order chi connectivity index (χ1) is 12.4. The van der Waals surface area contributed by atoms with Crippen molar-refractivity contribution < 1.29 is 19.1 Å². The zero-order valence-corrected chi connectivity index (χ0v) is 14.1. The Morgan fingerprint density at radius 3 is 2.50 bits per heavy atom. The van der Waals surface area contributed by atoms with Crippen LogP contribution < -0.4 is 5.32 Å². The van der Waals surface area contributed by atoms with Crippen LogP contribution in [0.15, 0.2) is 60.8 Å². The summed E-state index contributed by atoms with van der Waals surface area (Å²) in [5.41, 5.74) is 2.73. The first-order valence-corrected chi connectivity index (χ1v) is 7.94. The summed E-state index contributed by atoms with van der Waals surface area (Å²) in [6.07, 6.45) is 1.31. The van der Waals surface area contributed by atoms with Crippen molar-refractivity contribution in [2.24, 2.45) is 0 Å². The van der Waals surface area contributed by atoms with Crippen LogP contribution >= 0.6 is 0 Å². The summed E-state index contributed by atoms with van der Waals surface area (Å²) < 4.78 is 14.5. The highest BCUT2D eigenvalue weighted by molar-refractivity contribution is 6.06. The number of nitrogens with one attached hydrogen (secondary N) is 1. The molecule has 26 heavy (non-hydrogen) atoms. The SMILES string of the molecule is C=C(C)C(=O)n1cc(CC(=O)O)c2c(Nc3ccc(F)cc3)cccc21. The van der Waals surface area contributed by atoms with Crippen LogP contribution in [0.5, 0.6) is 0 Å². The zero-order valence-electron chi connectivity index (χ0n) is 14.1. The van der Waals surface area contributed by atoms with Gasteiger partial charge in [0.1, 0.15) is 5.82 Å². The van der Waals surface area contributed by atoms with Gasteiger partial charge in [0.2, 0.25) is 0 Å². The maximum atomic E-state index is 13.1. The molecule has 132 valence electrons. The zero-order chi connectivity index (χ0) is 18.8. The van der Waals surface area contributed by atoms with Crippen LogP contribution in [-0.4, -0.2) is 21.6 Å². The number of aromatic nitrogens is 1. The van der Waals surface area contributed by atoms with Crippen LogP contribution in [0.4, 0.5) is 15.8 Å². The van der Waals surface area contributed by atoms with Crippen LogP contribution in [0.3, 0.4) is 0 Å². The average Bonchev–Trinajstić information content (AvgIpc) is 2.95. The normalized spacial score (nSPS) is 10.7. The second-order valence-electron chi connectivity index (χ2n) is 6.01. The van der Waals surface area contributed by atoms with Crippen LogP contribution in [-0.2, 0) is 11.2 Å². The van der Waals surface area contributed by atoms with E-state index in [2.05, 4.69) is 11.9 Å². The van der Waals surface area contributed by atoms with Gasteiger partial charge in [-0.15, -0.1) is 0 Å². The molecular weight excluding hydrogens is 335 g/mol. The number of aliphatic carboxylic acids is 1. The van der Waals surface area contributed by atoms with Crippen molar-refractivity contribution in [1.82, 2.24) is 4.57 Å². The van der Waals surface area contributed by atoms with E-state index >= 15 is 0 Å². The molecule has 3 rings (SSSR count). The van der Waals surface area contributed by atoms with Crippen LogP contribution in [0, 0.1) is 5.82 Å². The molecule has 0 aliphatic rings. The fourth-order valence-electron chi connectivity index (χ4n) is 2.83. The number of fused-ring (bicyclic) bond motifs is 1. The molecule has 0 amide bonds. The van der Waals surface area contributed by atoms with Gasteiger partial charge in [-0.25, -0.2) is 4.39 Å². The van der Waals surface area contributed by atoms with Crippen molar-refractivity contribution >= 4 is 34.2 Å². The largest absolute Gasteiger partial charge is 0.481 e. The smallest absolute Gasteiger partial charge is 0.307 e. The first kappa shape index (κ1) is 17.4. The number of allylic oxidation sites excluding steroid dienone is 1. The molecule has 0 fully saturated rings. The van der Waals surface area contributed by atoms with Crippen molar-refractivity contribution in [3.63, 3.8) is 0 Å². The minimum Gasteiger partial charge on any atom is -0.481 e. The molecule has 2 N–H and O–H groups in total. The number of carboxylic acid groups (broad SMARTS) is 1. The second kappa shape index (κ2) is 6.84. The van der Waals surface area contributed by atoms with Gasteiger partial charge in [0.05, 0.1) is 11.9 Å². The number of carbonyl (C=O) groups excluding carboxylic acids is 1. The van der Waals surface area contributed by atoms with Crippen LogP contribution in [0.2, 0.25) is 0 Å². The summed E-state index contributed by atoms with van der Waals surface area (Å²) in [7, 11) is 0. The highest BCUT2D eigenvalue weighted by Gasteiger charge is 2.18. The fourth-order valence-corrected chi connectivity index (χ4v) is 2.83. The van der Waals surface area contributed by atoms with E-state index in [0.29, 0.717) is 33.4 Å². The molecule has 0 saturated carbocycles. The Kier molecular flexibility index (Phi) is 4.58. The van der Waals surface area contributed by atoms with Gasteiger partial charge in [0.15, 0.2) is 0 Å². The Labute approximate surface area is 149 Å². The second-order valence-corrected chi connectivity index (χ2v) is 6.01. The maximum absolute atomic E-state index is 13.1. The first-order valence-electron chi connectivity index (χ1n) is 7.94.